The van der Waals surface area contributed by atoms with E-state index in [0.717, 1.165) is 21.7 Å². The number of hydrogen-bond acceptors (Lipinski definition) is 7. The fourth-order valence-electron chi connectivity index (χ4n) is 3.40. The number of rotatable bonds is 8. The summed E-state index contributed by atoms with van der Waals surface area (Å²) < 4.78 is 5.60. The van der Waals surface area contributed by atoms with Gasteiger partial charge < -0.3 is 21.1 Å². The molecule has 4 aromatic rings. The van der Waals surface area contributed by atoms with Crippen molar-refractivity contribution >= 4 is 46.6 Å². The van der Waals surface area contributed by atoms with Gasteiger partial charge in [-0.15, -0.1) is 22.0 Å². The molecule has 0 fully saturated rings. The lowest BCUT2D eigenvalue weighted by Crippen LogP contribution is -2.22. The minimum Gasteiger partial charge on any atom is -0.424 e. The number of hydrogen-bond donors (Lipinski definition) is 3. The smallest absolute Gasteiger partial charge is 0.313 e. The van der Waals surface area contributed by atoms with Gasteiger partial charge in [-0.1, -0.05) is 54.6 Å². The summed E-state index contributed by atoms with van der Waals surface area (Å²) in [7, 11) is 0. The number of thiocarbonyl (C=S) groups is 1. The molecule has 3 aromatic carbocycles. The van der Waals surface area contributed by atoms with Crippen molar-refractivity contribution in [2.45, 2.75) is 17.4 Å². The molecule has 4 rings (SSSR count). The predicted molar refractivity (Wildman–Crippen MR) is 149 cm³/mol. The molecule has 0 saturated carbocycles. The first kappa shape index (κ1) is 25.3. The van der Waals surface area contributed by atoms with Gasteiger partial charge in [-0.2, -0.15) is 0 Å². The van der Waals surface area contributed by atoms with E-state index in [9.17, 15) is 4.79 Å². The first-order chi connectivity index (χ1) is 17.5. The van der Waals surface area contributed by atoms with Crippen molar-refractivity contribution in [3.8, 4) is 17.0 Å². The molecule has 0 aliphatic heterocycles. The molecule has 0 amide bonds. The number of anilines is 2. The fourth-order valence-corrected chi connectivity index (χ4v) is 4.03. The lowest BCUT2D eigenvalue weighted by molar-refractivity contribution is -0.134. The molecule has 0 saturated heterocycles. The number of para-hydroxylation sites is 2. The quantitative estimate of drug-likeness (QED) is 0.119. The number of nitrogens with one attached hydrogen (secondary N) is 2. The first-order valence-corrected chi connectivity index (χ1v) is 12.8. The molecule has 7 nitrogen and oxygen atoms in total. The fraction of sp³-hybridized carbons (Fsp3) is 0.111. The molecule has 0 bridgehead atoms. The van der Waals surface area contributed by atoms with Gasteiger partial charge in [0.15, 0.2) is 16.7 Å². The van der Waals surface area contributed by atoms with Crippen LogP contribution >= 0.6 is 24.0 Å². The van der Waals surface area contributed by atoms with Gasteiger partial charge in [0.05, 0.1) is 17.8 Å². The third kappa shape index (κ3) is 6.88. The monoisotopic (exact) mass is 515 g/mol. The average molecular weight is 516 g/mol. The molecule has 1 aromatic heterocycles. The van der Waals surface area contributed by atoms with Crippen LogP contribution in [0, 0.1) is 0 Å². The highest BCUT2D eigenvalue weighted by Gasteiger charge is 2.16. The van der Waals surface area contributed by atoms with Crippen LogP contribution in [0.25, 0.3) is 11.3 Å². The Balaban J connectivity index is 1.35. The normalized spacial score (nSPS) is 11.4. The van der Waals surface area contributed by atoms with Crippen molar-refractivity contribution in [1.82, 2.24) is 10.2 Å². The van der Waals surface area contributed by atoms with E-state index in [1.807, 2.05) is 73.0 Å². The van der Waals surface area contributed by atoms with E-state index in [1.54, 1.807) is 36.0 Å². The molecule has 182 valence electrons. The van der Waals surface area contributed by atoms with Gasteiger partial charge in [-0.05, 0) is 60.4 Å². The highest BCUT2D eigenvalue weighted by Crippen LogP contribution is 2.26. The second-order valence-corrected chi connectivity index (χ2v) is 9.09. The Morgan fingerprint density at radius 1 is 0.944 bits per heavy atom. The third-order valence-corrected chi connectivity index (χ3v) is 6.21. The number of benzene rings is 3. The highest BCUT2D eigenvalue weighted by atomic mass is 32.2. The van der Waals surface area contributed by atoms with Gasteiger partial charge in [0.2, 0.25) is 0 Å². The molecule has 36 heavy (non-hydrogen) atoms. The van der Waals surface area contributed by atoms with E-state index < -0.39 is 12.0 Å². The molecule has 9 heteroatoms. The Bertz CT molecular complexity index is 1320. The third-order valence-electron chi connectivity index (χ3n) is 5.27. The minimum absolute atomic E-state index is 0.0407. The van der Waals surface area contributed by atoms with E-state index in [1.165, 1.54) is 0 Å². The van der Waals surface area contributed by atoms with Crippen molar-refractivity contribution < 1.29 is 9.53 Å². The number of carbonyl (C=O) groups is 1. The van der Waals surface area contributed by atoms with E-state index in [-0.39, 0.29) is 11.5 Å². The van der Waals surface area contributed by atoms with Crippen molar-refractivity contribution in [1.29, 1.82) is 0 Å². The highest BCUT2D eigenvalue weighted by molar-refractivity contribution is 7.98. The van der Waals surface area contributed by atoms with E-state index >= 15 is 0 Å². The number of thioether (sulfide) groups is 1. The Kier molecular flexibility index (Phi) is 8.62. The lowest BCUT2D eigenvalue weighted by atomic mass is 10.1. The molecule has 1 unspecified atom stereocenters. The molecule has 0 aliphatic carbocycles. The van der Waals surface area contributed by atoms with Crippen molar-refractivity contribution in [3.63, 3.8) is 0 Å². The number of aromatic nitrogens is 2. The molecule has 1 atom stereocenters. The van der Waals surface area contributed by atoms with Crippen LogP contribution in [0.2, 0.25) is 0 Å². The van der Waals surface area contributed by atoms with Crippen LogP contribution in [-0.2, 0) is 4.79 Å². The van der Waals surface area contributed by atoms with Gasteiger partial charge >= 0.3 is 5.97 Å². The van der Waals surface area contributed by atoms with Crippen LogP contribution in [0.15, 0.2) is 95.9 Å². The molecule has 1 heterocycles. The van der Waals surface area contributed by atoms with Crippen molar-refractivity contribution in [2.24, 2.45) is 5.73 Å². The minimum atomic E-state index is -0.464. The van der Waals surface area contributed by atoms with Gasteiger partial charge in [0.25, 0.3) is 0 Å². The van der Waals surface area contributed by atoms with Crippen LogP contribution in [-0.4, -0.2) is 27.5 Å². The van der Waals surface area contributed by atoms with Crippen LogP contribution in [0.1, 0.15) is 18.0 Å². The molecule has 0 aliphatic rings. The molecule has 0 radical (unpaired) electrons. The zero-order valence-electron chi connectivity index (χ0n) is 19.5. The first-order valence-electron chi connectivity index (χ1n) is 11.2. The summed E-state index contributed by atoms with van der Waals surface area (Å²) in [6.07, 6.45) is 2.05. The van der Waals surface area contributed by atoms with Gasteiger partial charge in [-0.25, -0.2) is 0 Å². The van der Waals surface area contributed by atoms with Gasteiger partial charge in [-0.3, -0.25) is 4.79 Å². The van der Waals surface area contributed by atoms with Crippen LogP contribution < -0.4 is 21.1 Å². The number of esters is 1. The van der Waals surface area contributed by atoms with Gasteiger partial charge in [0, 0.05) is 16.5 Å². The Morgan fingerprint density at radius 3 is 2.36 bits per heavy atom. The summed E-state index contributed by atoms with van der Waals surface area (Å²) in [5, 5.41) is 14.8. The van der Waals surface area contributed by atoms with Crippen LogP contribution in [0.3, 0.4) is 0 Å². The summed E-state index contributed by atoms with van der Waals surface area (Å²) in [5.74, 6) is 0.397. The largest absolute Gasteiger partial charge is 0.424 e. The summed E-state index contributed by atoms with van der Waals surface area (Å²) in [5.41, 5.74) is 9.38. The molecule has 4 N–H and O–H groups in total. The zero-order valence-corrected chi connectivity index (χ0v) is 21.2. The zero-order chi connectivity index (χ0) is 25.3. The van der Waals surface area contributed by atoms with Gasteiger partial charge in [0.1, 0.15) is 0 Å². The maximum absolute atomic E-state index is 12.6. The van der Waals surface area contributed by atoms with Crippen LogP contribution in [0.5, 0.6) is 5.75 Å². The number of nitrogens with two attached hydrogens (primary N) is 1. The maximum atomic E-state index is 12.6. The molecule has 0 spiro atoms. The second kappa shape index (κ2) is 12.3. The van der Waals surface area contributed by atoms with E-state index in [0.29, 0.717) is 17.3 Å². The summed E-state index contributed by atoms with van der Waals surface area (Å²) >= 11 is 7.07. The Labute approximate surface area is 219 Å². The van der Waals surface area contributed by atoms with Crippen molar-refractivity contribution in [3.05, 3.63) is 96.6 Å². The number of carbonyl (C=O) groups excluding carboxylic acids is 1. The SMILES string of the molecule is CSc1ccc(C(N)CC(=O)Oc2ccccc2NC(=S)Nc2ccc(-c3ccccc3)nn2)cc1. The van der Waals surface area contributed by atoms with E-state index in [4.69, 9.17) is 22.7 Å². The Morgan fingerprint density at radius 2 is 1.67 bits per heavy atom. The average Bonchev–Trinajstić information content (AvgIpc) is 2.90. The maximum Gasteiger partial charge on any atom is 0.313 e. The molecular formula is C27H25N5O2S2. The predicted octanol–water partition coefficient (Wildman–Crippen LogP) is 5.67. The van der Waals surface area contributed by atoms with Crippen molar-refractivity contribution in [2.75, 3.05) is 16.9 Å². The second-order valence-electron chi connectivity index (χ2n) is 7.80. The standard InChI is InChI=1S/C27H25N5O2S2/c1-36-20-13-11-18(12-14-20)21(28)17-26(33)34-24-10-6-5-9-23(24)29-27(35)30-25-16-15-22(31-32-25)19-7-3-2-4-8-19/h2-16,21H,17,28H2,1H3,(H2,29,30,32,35). The molecular weight excluding hydrogens is 490 g/mol. The lowest BCUT2D eigenvalue weighted by Gasteiger charge is -2.15. The number of nitrogens with zero attached hydrogens (tertiary/aromatic N) is 2. The summed E-state index contributed by atoms with van der Waals surface area (Å²) in [4.78, 5) is 13.7. The number of ether oxygens (including phenoxy) is 1. The van der Waals surface area contributed by atoms with E-state index in [2.05, 4.69) is 20.8 Å². The summed E-state index contributed by atoms with van der Waals surface area (Å²) in [6.45, 7) is 0. The van der Waals surface area contributed by atoms with Crippen LogP contribution in [0.4, 0.5) is 11.5 Å². The topological polar surface area (TPSA) is 102 Å². The summed E-state index contributed by atoms with van der Waals surface area (Å²) in [6, 6.07) is 27.8. The Hall–Kier alpha value is -3.79.